The molecule has 1 aliphatic heterocycles. The molecule has 3 rings (SSSR count). The second-order valence-corrected chi connectivity index (χ2v) is 6.92. The Labute approximate surface area is 159 Å². The summed E-state index contributed by atoms with van der Waals surface area (Å²) >= 11 is 24.4. The number of nitrogens with two attached hydrogens (primary N) is 2. The SMILES string of the molecule is NC1=NC(N)(c2ccc(Cl)cc2)C=C(c2cc(Cl)cc(Cl)c2Cl)N1. The molecule has 4 nitrogen and oxygen atoms in total. The summed E-state index contributed by atoms with van der Waals surface area (Å²) in [7, 11) is 0. The minimum absolute atomic E-state index is 0.150. The molecule has 1 heterocycles. The van der Waals surface area contributed by atoms with Crippen LogP contribution in [0.4, 0.5) is 0 Å². The maximum absolute atomic E-state index is 6.44. The highest BCUT2D eigenvalue weighted by molar-refractivity contribution is 6.44. The van der Waals surface area contributed by atoms with E-state index < -0.39 is 5.66 Å². The van der Waals surface area contributed by atoms with Gasteiger partial charge in [0.05, 0.1) is 10.0 Å². The van der Waals surface area contributed by atoms with Gasteiger partial charge in [0.2, 0.25) is 0 Å². The first-order valence-electron chi connectivity index (χ1n) is 6.83. The van der Waals surface area contributed by atoms with Gasteiger partial charge in [-0.25, -0.2) is 4.99 Å². The Morgan fingerprint density at radius 3 is 2.29 bits per heavy atom. The number of halogens is 4. The molecule has 1 atom stereocenters. The molecule has 0 saturated heterocycles. The molecule has 2 aromatic carbocycles. The van der Waals surface area contributed by atoms with Crippen LogP contribution < -0.4 is 16.8 Å². The van der Waals surface area contributed by atoms with E-state index in [2.05, 4.69) is 10.3 Å². The van der Waals surface area contributed by atoms with E-state index in [0.717, 1.165) is 5.56 Å². The minimum atomic E-state index is -1.17. The Balaban J connectivity index is 2.13. The molecule has 0 radical (unpaired) electrons. The maximum Gasteiger partial charge on any atom is 0.195 e. The predicted octanol–water partition coefficient (Wildman–Crippen LogP) is 4.37. The molecule has 0 amide bonds. The van der Waals surface area contributed by atoms with Gasteiger partial charge in [0.1, 0.15) is 0 Å². The van der Waals surface area contributed by atoms with Gasteiger partial charge < -0.3 is 11.1 Å². The van der Waals surface area contributed by atoms with E-state index in [4.69, 9.17) is 57.9 Å². The molecule has 0 aromatic heterocycles. The molecule has 1 unspecified atom stereocenters. The number of benzene rings is 2. The number of hydrogen-bond acceptors (Lipinski definition) is 4. The molecule has 2 aromatic rings. The summed E-state index contributed by atoms with van der Waals surface area (Å²) in [5.41, 5.74) is 13.0. The zero-order chi connectivity index (χ0) is 17.5. The highest BCUT2D eigenvalue weighted by atomic mass is 35.5. The van der Waals surface area contributed by atoms with Gasteiger partial charge in [0.15, 0.2) is 11.6 Å². The summed E-state index contributed by atoms with van der Waals surface area (Å²) in [5.74, 6) is 0.150. The van der Waals surface area contributed by atoms with E-state index in [1.807, 2.05) is 0 Å². The molecule has 124 valence electrons. The van der Waals surface area contributed by atoms with Crippen LogP contribution in [-0.2, 0) is 5.66 Å². The van der Waals surface area contributed by atoms with Crippen LogP contribution in [-0.4, -0.2) is 5.96 Å². The van der Waals surface area contributed by atoms with Crippen molar-refractivity contribution in [1.82, 2.24) is 5.32 Å². The largest absolute Gasteiger partial charge is 0.370 e. The second-order valence-electron chi connectivity index (χ2n) is 5.26. The van der Waals surface area contributed by atoms with Gasteiger partial charge in [0, 0.05) is 21.3 Å². The summed E-state index contributed by atoms with van der Waals surface area (Å²) in [6.07, 6.45) is 1.71. The quantitative estimate of drug-likeness (QED) is 0.653. The topological polar surface area (TPSA) is 76.4 Å². The Bertz CT molecular complexity index is 861. The van der Waals surface area contributed by atoms with E-state index in [0.29, 0.717) is 31.4 Å². The summed E-state index contributed by atoms with van der Waals surface area (Å²) in [6, 6.07) is 10.3. The van der Waals surface area contributed by atoms with Gasteiger partial charge in [-0.1, -0.05) is 58.5 Å². The number of rotatable bonds is 2. The fourth-order valence-electron chi connectivity index (χ4n) is 2.42. The van der Waals surface area contributed by atoms with Crippen LogP contribution in [0.15, 0.2) is 47.5 Å². The molecule has 0 aliphatic carbocycles. The lowest BCUT2D eigenvalue weighted by Gasteiger charge is -2.29. The van der Waals surface area contributed by atoms with E-state index in [1.165, 1.54) is 0 Å². The average molecular weight is 402 g/mol. The molecule has 0 fully saturated rings. The maximum atomic E-state index is 6.44. The molecule has 5 N–H and O–H groups in total. The standard InChI is InChI=1S/C16H12Cl4N4/c17-9-3-1-8(2-4-9)16(22)7-13(23-15(21)24-16)11-5-10(18)6-12(19)14(11)20/h1-7H,22H2,(H3,21,23,24). The first-order valence-corrected chi connectivity index (χ1v) is 8.35. The van der Waals surface area contributed by atoms with Crippen LogP contribution in [0.1, 0.15) is 11.1 Å². The van der Waals surface area contributed by atoms with Crippen molar-refractivity contribution in [3.63, 3.8) is 0 Å². The number of guanidine groups is 1. The van der Waals surface area contributed by atoms with Crippen molar-refractivity contribution in [2.45, 2.75) is 5.66 Å². The molecular formula is C16H12Cl4N4. The monoisotopic (exact) mass is 400 g/mol. The van der Waals surface area contributed by atoms with Crippen LogP contribution >= 0.6 is 46.4 Å². The highest BCUT2D eigenvalue weighted by Crippen LogP contribution is 2.36. The van der Waals surface area contributed by atoms with Crippen molar-refractivity contribution in [3.05, 3.63) is 73.7 Å². The second kappa shape index (κ2) is 6.47. The van der Waals surface area contributed by atoms with E-state index in [1.54, 1.807) is 42.5 Å². The molecule has 8 heteroatoms. The first kappa shape index (κ1) is 17.4. The van der Waals surface area contributed by atoms with Crippen LogP contribution in [0.5, 0.6) is 0 Å². The zero-order valence-corrected chi connectivity index (χ0v) is 15.2. The third-order valence-corrected chi connectivity index (χ3v) is 4.79. The minimum Gasteiger partial charge on any atom is -0.370 e. The van der Waals surface area contributed by atoms with Crippen LogP contribution in [0, 0.1) is 0 Å². The lowest BCUT2D eigenvalue weighted by Crippen LogP contribution is -2.44. The van der Waals surface area contributed by atoms with Crippen molar-refractivity contribution in [2.75, 3.05) is 0 Å². The van der Waals surface area contributed by atoms with E-state index >= 15 is 0 Å². The van der Waals surface area contributed by atoms with Gasteiger partial charge in [-0.15, -0.1) is 0 Å². The van der Waals surface area contributed by atoms with E-state index in [9.17, 15) is 0 Å². The van der Waals surface area contributed by atoms with Gasteiger partial charge in [0.25, 0.3) is 0 Å². The van der Waals surface area contributed by atoms with Crippen molar-refractivity contribution in [1.29, 1.82) is 0 Å². The molecular weight excluding hydrogens is 390 g/mol. The van der Waals surface area contributed by atoms with Crippen LogP contribution in [0.25, 0.3) is 5.70 Å². The fourth-order valence-corrected chi connectivity index (χ4v) is 3.25. The molecule has 0 saturated carbocycles. The Hall–Kier alpha value is -1.43. The Kier molecular flexibility index (Phi) is 4.69. The number of nitrogens with one attached hydrogen (secondary N) is 1. The van der Waals surface area contributed by atoms with Crippen molar-refractivity contribution < 1.29 is 0 Å². The lowest BCUT2D eigenvalue weighted by molar-refractivity contribution is 0.585. The number of nitrogens with zero attached hydrogens (tertiary/aromatic N) is 1. The third kappa shape index (κ3) is 3.34. The summed E-state index contributed by atoms with van der Waals surface area (Å²) in [4.78, 5) is 4.30. The van der Waals surface area contributed by atoms with Crippen molar-refractivity contribution in [2.24, 2.45) is 16.5 Å². The van der Waals surface area contributed by atoms with Gasteiger partial charge >= 0.3 is 0 Å². The molecule has 0 spiro atoms. The summed E-state index contributed by atoms with van der Waals surface area (Å²) in [5, 5.41) is 4.66. The lowest BCUT2D eigenvalue weighted by atomic mass is 9.96. The van der Waals surface area contributed by atoms with Crippen LogP contribution in [0.2, 0.25) is 20.1 Å². The van der Waals surface area contributed by atoms with Gasteiger partial charge in [-0.2, -0.15) is 0 Å². The molecule has 24 heavy (non-hydrogen) atoms. The summed E-state index contributed by atoms with van der Waals surface area (Å²) in [6.45, 7) is 0. The molecule has 0 bridgehead atoms. The summed E-state index contributed by atoms with van der Waals surface area (Å²) < 4.78 is 0. The van der Waals surface area contributed by atoms with E-state index in [-0.39, 0.29) is 5.96 Å². The van der Waals surface area contributed by atoms with Crippen LogP contribution in [0.3, 0.4) is 0 Å². The highest BCUT2D eigenvalue weighted by Gasteiger charge is 2.30. The zero-order valence-electron chi connectivity index (χ0n) is 12.2. The fraction of sp³-hybridized carbons (Fsp3) is 0.0625. The third-order valence-electron chi connectivity index (χ3n) is 3.52. The normalized spacial score (nSPS) is 20.2. The predicted molar refractivity (Wildman–Crippen MR) is 102 cm³/mol. The van der Waals surface area contributed by atoms with Gasteiger partial charge in [-0.3, -0.25) is 5.73 Å². The Morgan fingerprint density at radius 1 is 0.958 bits per heavy atom. The number of hydrogen-bond donors (Lipinski definition) is 3. The van der Waals surface area contributed by atoms with Crippen molar-refractivity contribution in [3.8, 4) is 0 Å². The Morgan fingerprint density at radius 2 is 1.62 bits per heavy atom. The van der Waals surface area contributed by atoms with Gasteiger partial charge in [-0.05, 0) is 35.9 Å². The molecule has 1 aliphatic rings. The number of aliphatic imine (C=N–C) groups is 1. The van der Waals surface area contributed by atoms with Crippen molar-refractivity contribution >= 4 is 58.1 Å². The average Bonchev–Trinajstić information content (AvgIpc) is 2.50. The first-order chi connectivity index (χ1) is 11.3. The smallest absolute Gasteiger partial charge is 0.195 e.